The Hall–Kier alpha value is -0.370. The van der Waals surface area contributed by atoms with E-state index in [1.54, 1.807) is 0 Å². The second kappa shape index (κ2) is 6.18. The van der Waals surface area contributed by atoms with Crippen LogP contribution in [0, 0.1) is 0 Å². The van der Waals surface area contributed by atoms with Crippen molar-refractivity contribution >= 4 is 0 Å². The van der Waals surface area contributed by atoms with Crippen molar-refractivity contribution in [3.8, 4) is 0 Å². The lowest BCUT2D eigenvalue weighted by molar-refractivity contribution is -0.182. The average molecular weight is 216 g/mol. The molecule has 0 fully saturated rings. The van der Waals surface area contributed by atoms with Crippen LogP contribution >= 0.6 is 0 Å². The summed E-state index contributed by atoms with van der Waals surface area (Å²) in [5.74, 6) is 0. The highest BCUT2D eigenvalue weighted by atomic mass is 19.4. The Morgan fingerprint density at radius 2 is 1.57 bits per heavy atom. The highest BCUT2D eigenvalue weighted by Crippen LogP contribution is 2.23. The van der Waals surface area contributed by atoms with E-state index in [9.17, 15) is 13.2 Å². The summed E-state index contributed by atoms with van der Waals surface area (Å²) in [6.07, 6.45) is -4.43. The number of rotatable bonds is 6. The fraction of sp³-hybridized carbons (Fsp3) is 1.00. The largest absolute Gasteiger partial charge is 0.405 e. The molecule has 0 amide bonds. The zero-order valence-electron chi connectivity index (χ0n) is 7.67. The maximum Gasteiger partial charge on any atom is 0.405 e. The fourth-order valence-corrected chi connectivity index (χ4v) is 1.17. The Labute approximate surface area is 80.1 Å². The van der Waals surface area contributed by atoms with Crippen LogP contribution in [-0.2, 0) is 0 Å². The molecule has 0 rings (SSSR count). The van der Waals surface area contributed by atoms with Crippen molar-refractivity contribution < 1.29 is 23.4 Å². The van der Waals surface area contributed by atoms with E-state index in [1.807, 2.05) is 0 Å². The molecule has 0 aliphatic carbocycles. The molecule has 0 bridgehead atoms. The number of aliphatic hydroxyl groups excluding tert-OH is 2. The van der Waals surface area contributed by atoms with Gasteiger partial charge in [0.15, 0.2) is 0 Å². The first-order chi connectivity index (χ1) is 6.47. The van der Waals surface area contributed by atoms with Gasteiger partial charge in [0.05, 0.1) is 13.2 Å². The summed E-state index contributed by atoms with van der Waals surface area (Å²) in [7, 11) is 0. The van der Waals surface area contributed by atoms with Gasteiger partial charge in [-0.1, -0.05) is 0 Å². The normalized spacial score (nSPS) is 14.8. The Bertz CT molecular complexity index is 148. The maximum atomic E-state index is 12.3. The molecule has 0 radical (unpaired) electrons. The molecule has 0 aromatic rings. The van der Waals surface area contributed by atoms with Crippen LogP contribution in [0.2, 0.25) is 0 Å². The highest BCUT2D eigenvalue weighted by molar-refractivity contribution is 4.79. The van der Waals surface area contributed by atoms with Crippen molar-refractivity contribution in [3.63, 3.8) is 0 Å². The van der Waals surface area contributed by atoms with E-state index in [4.69, 9.17) is 15.9 Å². The molecule has 1 unspecified atom stereocenters. The summed E-state index contributed by atoms with van der Waals surface area (Å²) in [6.45, 7) is -1.67. The molecule has 7 heteroatoms. The number of aliphatic hydroxyl groups is 2. The lowest BCUT2D eigenvalue weighted by Gasteiger charge is -2.31. The molecule has 0 aromatic carbocycles. The molecule has 0 aliphatic heterocycles. The molecule has 0 saturated carbocycles. The minimum Gasteiger partial charge on any atom is -0.395 e. The van der Waals surface area contributed by atoms with Gasteiger partial charge in [0.1, 0.15) is 6.04 Å². The van der Waals surface area contributed by atoms with Gasteiger partial charge in [0.25, 0.3) is 0 Å². The first-order valence-electron chi connectivity index (χ1n) is 4.20. The third kappa shape index (κ3) is 4.23. The van der Waals surface area contributed by atoms with E-state index in [0.29, 0.717) is 0 Å². The van der Waals surface area contributed by atoms with E-state index < -0.39 is 32.0 Å². The zero-order chi connectivity index (χ0) is 11.2. The smallest absolute Gasteiger partial charge is 0.395 e. The standard InChI is InChI=1S/C7H15F3N2O2/c8-7(9,10)6(5-11)12(1-3-13)2-4-14/h6,13-14H,1-5,11H2. The predicted molar refractivity (Wildman–Crippen MR) is 44.6 cm³/mol. The quantitative estimate of drug-likeness (QED) is 0.541. The van der Waals surface area contributed by atoms with Gasteiger partial charge in [-0.3, -0.25) is 4.90 Å². The van der Waals surface area contributed by atoms with Crippen LogP contribution in [0.5, 0.6) is 0 Å². The van der Waals surface area contributed by atoms with Gasteiger partial charge in [-0.2, -0.15) is 13.2 Å². The molecule has 4 nitrogen and oxygen atoms in total. The van der Waals surface area contributed by atoms with Crippen LogP contribution in [0.4, 0.5) is 13.2 Å². The number of hydrogen-bond donors (Lipinski definition) is 3. The molecule has 0 aromatic heterocycles. The van der Waals surface area contributed by atoms with Crippen LogP contribution in [0.3, 0.4) is 0 Å². The van der Waals surface area contributed by atoms with E-state index in [0.717, 1.165) is 4.90 Å². The summed E-state index contributed by atoms with van der Waals surface area (Å²) < 4.78 is 37.0. The van der Waals surface area contributed by atoms with Gasteiger partial charge in [0.2, 0.25) is 0 Å². The van der Waals surface area contributed by atoms with E-state index in [1.165, 1.54) is 0 Å². The zero-order valence-corrected chi connectivity index (χ0v) is 7.67. The number of halogens is 3. The molecule has 0 saturated heterocycles. The van der Waals surface area contributed by atoms with Gasteiger partial charge in [-0.15, -0.1) is 0 Å². The van der Waals surface area contributed by atoms with E-state index >= 15 is 0 Å². The second-order valence-electron chi connectivity index (χ2n) is 2.78. The van der Waals surface area contributed by atoms with Gasteiger partial charge in [-0.25, -0.2) is 0 Å². The Morgan fingerprint density at radius 1 is 1.14 bits per heavy atom. The van der Waals surface area contributed by atoms with Gasteiger partial charge in [0, 0.05) is 19.6 Å². The van der Waals surface area contributed by atoms with Crippen LogP contribution in [0.1, 0.15) is 0 Å². The number of nitrogens with two attached hydrogens (primary N) is 1. The second-order valence-corrected chi connectivity index (χ2v) is 2.78. The molecule has 0 aliphatic rings. The Morgan fingerprint density at radius 3 is 1.79 bits per heavy atom. The molecule has 86 valence electrons. The summed E-state index contributed by atoms with van der Waals surface area (Å²) in [5.41, 5.74) is 5.00. The fourth-order valence-electron chi connectivity index (χ4n) is 1.17. The van der Waals surface area contributed by atoms with Gasteiger partial charge < -0.3 is 15.9 Å². The molecule has 4 N–H and O–H groups in total. The third-order valence-electron chi connectivity index (χ3n) is 1.82. The minimum atomic E-state index is -4.43. The maximum absolute atomic E-state index is 12.3. The minimum absolute atomic E-state index is 0.151. The summed E-state index contributed by atoms with van der Waals surface area (Å²) >= 11 is 0. The van der Waals surface area contributed by atoms with Crippen molar-refractivity contribution in [2.75, 3.05) is 32.8 Å². The summed E-state index contributed by atoms with van der Waals surface area (Å²) in [6, 6.07) is -1.80. The lowest BCUT2D eigenvalue weighted by atomic mass is 10.2. The molecule has 1 atom stereocenters. The van der Waals surface area contributed by atoms with Crippen LogP contribution in [0.15, 0.2) is 0 Å². The first-order valence-corrected chi connectivity index (χ1v) is 4.20. The van der Waals surface area contributed by atoms with Crippen molar-refractivity contribution in [2.45, 2.75) is 12.2 Å². The van der Waals surface area contributed by atoms with Crippen molar-refractivity contribution in [1.29, 1.82) is 0 Å². The number of hydrogen-bond acceptors (Lipinski definition) is 4. The lowest BCUT2D eigenvalue weighted by Crippen LogP contribution is -2.52. The molecular weight excluding hydrogens is 201 g/mol. The number of alkyl halides is 3. The predicted octanol–water partition coefficient (Wildman–Crippen LogP) is -0.837. The van der Waals surface area contributed by atoms with Crippen molar-refractivity contribution in [3.05, 3.63) is 0 Å². The van der Waals surface area contributed by atoms with E-state index in [2.05, 4.69) is 0 Å². The molecular formula is C7H15F3N2O2. The van der Waals surface area contributed by atoms with Crippen molar-refractivity contribution in [1.82, 2.24) is 4.90 Å². The number of nitrogens with zero attached hydrogens (tertiary/aromatic N) is 1. The first kappa shape index (κ1) is 13.6. The topological polar surface area (TPSA) is 69.7 Å². The van der Waals surface area contributed by atoms with Gasteiger partial charge in [-0.05, 0) is 0 Å². The van der Waals surface area contributed by atoms with Crippen LogP contribution in [-0.4, -0.2) is 60.2 Å². The molecule has 0 spiro atoms. The Balaban J connectivity index is 4.41. The molecule has 0 heterocycles. The van der Waals surface area contributed by atoms with Crippen LogP contribution < -0.4 is 5.73 Å². The monoisotopic (exact) mass is 216 g/mol. The highest BCUT2D eigenvalue weighted by Gasteiger charge is 2.42. The SMILES string of the molecule is NCC(N(CCO)CCO)C(F)(F)F. The summed E-state index contributed by atoms with van der Waals surface area (Å²) in [5, 5.41) is 17.1. The van der Waals surface area contributed by atoms with Crippen molar-refractivity contribution in [2.24, 2.45) is 5.73 Å². The average Bonchev–Trinajstić information content (AvgIpc) is 2.03. The Kier molecular flexibility index (Phi) is 6.01. The summed E-state index contributed by atoms with van der Waals surface area (Å²) in [4.78, 5) is 0.917. The molecule has 14 heavy (non-hydrogen) atoms. The van der Waals surface area contributed by atoms with Crippen LogP contribution in [0.25, 0.3) is 0 Å². The van der Waals surface area contributed by atoms with E-state index in [-0.39, 0.29) is 13.1 Å². The third-order valence-corrected chi connectivity index (χ3v) is 1.82. The van der Waals surface area contributed by atoms with Gasteiger partial charge >= 0.3 is 6.18 Å².